The molecule has 1 unspecified atom stereocenters. The largest absolute Gasteiger partial charge is 0.339 e. The number of carbonyl (C=O) groups excluding carboxylic acids is 1. The minimum Gasteiger partial charge on any atom is -0.339 e. The second-order valence-electron chi connectivity index (χ2n) is 5.72. The lowest BCUT2D eigenvalue weighted by Gasteiger charge is -2.35. The molecule has 1 atom stereocenters. The predicted octanol–water partition coefficient (Wildman–Crippen LogP) is 2.45. The summed E-state index contributed by atoms with van der Waals surface area (Å²) in [6.07, 6.45) is 8.18. The van der Waals surface area contributed by atoms with E-state index in [-0.39, 0.29) is 5.91 Å². The lowest BCUT2D eigenvalue weighted by Crippen LogP contribution is -2.43. The highest BCUT2D eigenvalue weighted by atomic mass is 79.9. The van der Waals surface area contributed by atoms with Crippen molar-refractivity contribution in [3.8, 4) is 0 Å². The van der Waals surface area contributed by atoms with Crippen molar-refractivity contribution in [3.05, 3.63) is 28.5 Å². The summed E-state index contributed by atoms with van der Waals surface area (Å²) in [4.78, 5) is 18.5. The predicted molar refractivity (Wildman–Crippen MR) is 81.6 cm³/mol. The normalized spacial score (nSPS) is 24.1. The Labute approximate surface area is 128 Å². The molecule has 1 N–H and O–H groups in total. The first-order valence-electron chi connectivity index (χ1n) is 7.37. The molecule has 2 aliphatic rings. The van der Waals surface area contributed by atoms with Gasteiger partial charge >= 0.3 is 0 Å². The van der Waals surface area contributed by atoms with Crippen molar-refractivity contribution in [2.45, 2.75) is 31.7 Å². The average Bonchev–Trinajstić information content (AvgIpc) is 3.01. The molecule has 4 nitrogen and oxygen atoms in total. The molecule has 5 heteroatoms. The van der Waals surface area contributed by atoms with Crippen LogP contribution in [-0.4, -0.2) is 41.5 Å². The van der Waals surface area contributed by atoms with E-state index in [1.807, 2.05) is 11.0 Å². The van der Waals surface area contributed by atoms with E-state index in [1.165, 1.54) is 12.8 Å². The van der Waals surface area contributed by atoms with Crippen LogP contribution in [0.15, 0.2) is 22.9 Å². The van der Waals surface area contributed by atoms with Gasteiger partial charge in [0.15, 0.2) is 0 Å². The number of nitrogens with zero attached hydrogens (tertiary/aromatic N) is 2. The van der Waals surface area contributed by atoms with Crippen molar-refractivity contribution in [2.75, 3.05) is 19.6 Å². The van der Waals surface area contributed by atoms with Crippen LogP contribution in [0.3, 0.4) is 0 Å². The molecule has 3 rings (SSSR count). The first-order valence-corrected chi connectivity index (χ1v) is 8.16. The molecule has 1 aromatic heterocycles. The van der Waals surface area contributed by atoms with Crippen LogP contribution >= 0.6 is 15.9 Å². The third-order valence-corrected chi connectivity index (χ3v) is 4.88. The molecular weight excluding hydrogens is 318 g/mol. The van der Waals surface area contributed by atoms with E-state index < -0.39 is 0 Å². The number of rotatable bonds is 2. The van der Waals surface area contributed by atoms with Gasteiger partial charge in [0.25, 0.3) is 5.91 Å². The van der Waals surface area contributed by atoms with Gasteiger partial charge in [-0.25, -0.2) is 0 Å². The summed E-state index contributed by atoms with van der Waals surface area (Å²) in [5.41, 5.74) is 0.678. The van der Waals surface area contributed by atoms with E-state index in [4.69, 9.17) is 0 Å². The maximum Gasteiger partial charge on any atom is 0.255 e. The second kappa shape index (κ2) is 6.22. The first kappa shape index (κ1) is 14.0. The summed E-state index contributed by atoms with van der Waals surface area (Å²) < 4.78 is 0.855. The zero-order chi connectivity index (χ0) is 13.9. The Hall–Kier alpha value is -0.940. The van der Waals surface area contributed by atoms with Gasteiger partial charge in [-0.3, -0.25) is 9.78 Å². The van der Waals surface area contributed by atoms with Crippen molar-refractivity contribution in [2.24, 2.45) is 5.92 Å². The van der Waals surface area contributed by atoms with E-state index in [0.717, 1.165) is 42.9 Å². The molecule has 2 aliphatic heterocycles. The van der Waals surface area contributed by atoms with E-state index in [1.54, 1.807) is 12.4 Å². The van der Waals surface area contributed by atoms with Crippen LogP contribution in [0.2, 0.25) is 0 Å². The average molecular weight is 338 g/mol. The van der Waals surface area contributed by atoms with Gasteiger partial charge in [-0.05, 0) is 60.1 Å². The van der Waals surface area contributed by atoms with Crippen LogP contribution in [0.5, 0.6) is 0 Å². The Morgan fingerprint density at radius 3 is 2.75 bits per heavy atom. The van der Waals surface area contributed by atoms with Gasteiger partial charge in [-0.1, -0.05) is 0 Å². The van der Waals surface area contributed by atoms with Crippen LogP contribution in [0.25, 0.3) is 0 Å². The monoisotopic (exact) mass is 337 g/mol. The molecule has 0 aromatic carbocycles. The highest BCUT2D eigenvalue weighted by Gasteiger charge is 2.30. The number of hydrogen-bond donors (Lipinski definition) is 1. The van der Waals surface area contributed by atoms with Crippen LogP contribution in [0, 0.1) is 5.92 Å². The van der Waals surface area contributed by atoms with Crippen LogP contribution < -0.4 is 5.32 Å². The highest BCUT2D eigenvalue weighted by Crippen LogP contribution is 2.26. The maximum absolute atomic E-state index is 12.4. The molecule has 108 valence electrons. The number of likely N-dealkylation sites (tertiary alicyclic amines) is 1. The first-order chi connectivity index (χ1) is 9.74. The molecule has 3 heterocycles. The minimum absolute atomic E-state index is 0.108. The fourth-order valence-electron chi connectivity index (χ4n) is 3.33. The van der Waals surface area contributed by atoms with Gasteiger partial charge in [0.05, 0.1) is 5.56 Å². The molecule has 0 saturated carbocycles. The Morgan fingerprint density at radius 2 is 2.10 bits per heavy atom. The zero-order valence-corrected chi connectivity index (χ0v) is 13.1. The quantitative estimate of drug-likeness (QED) is 0.901. The van der Waals surface area contributed by atoms with Crippen LogP contribution in [-0.2, 0) is 0 Å². The van der Waals surface area contributed by atoms with Crippen molar-refractivity contribution >= 4 is 21.8 Å². The molecule has 2 saturated heterocycles. The molecule has 20 heavy (non-hydrogen) atoms. The highest BCUT2D eigenvalue weighted by molar-refractivity contribution is 9.10. The van der Waals surface area contributed by atoms with E-state index >= 15 is 0 Å². The lowest BCUT2D eigenvalue weighted by molar-refractivity contribution is 0.0674. The summed E-state index contributed by atoms with van der Waals surface area (Å²) in [6, 6.07) is 2.53. The number of halogens is 1. The fourth-order valence-corrected chi connectivity index (χ4v) is 3.70. The number of aromatic nitrogens is 1. The molecule has 0 bridgehead atoms. The van der Waals surface area contributed by atoms with Crippen molar-refractivity contribution in [1.29, 1.82) is 0 Å². The zero-order valence-electron chi connectivity index (χ0n) is 11.5. The van der Waals surface area contributed by atoms with Gasteiger partial charge in [0.2, 0.25) is 0 Å². The number of carbonyl (C=O) groups is 1. The van der Waals surface area contributed by atoms with Gasteiger partial charge < -0.3 is 10.2 Å². The minimum atomic E-state index is 0.108. The Morgan fingerprint density at radius 1 is 1.30 bits per heavy atom. The smallest absolute Gasteiger partial charge is 0.255 e. The van der Waals surface area contributed by atoms with Gasteiger partial charge in [-0.15, -0.1) is 0 Å². The Kier molecular flexibility index (Phi) is 4.36. The van der Waals surface area contributed by atoms with Crippen molar-refractivity contribution in [1.82, 2.24) is 15.2 Å². The van der Waals surface area contributed by atoms with E-state index in [0.29, 0.717) is 11.6 Å². The summed E-state index contributed by atoms with van der Waals surface area (Å²) >= 11 is 3.37. The Bertz CT molecular complexity index is 480. The van der Waals surface area contributed by atoms with E-state index in [2.05, 4.69) is 26.2 Å². The van der Waals surface area contributed by atoms with Gasteiger partial charge in [-0.2, -0.15) is 0 Å². The van der Waals surface area contributed by atoms with Crippen molar-refractivity contribution < 1.29 is 4.79 Å². The molecule has 0 spiro atoms. The molecular formula is C15H20BrN3O. The summed E-state index contributed by atoms with van der Waals surface area (Å²) in [5, 5.41) is 3.59. The maximum atomic E-state index is 12.4. The van der Waals surface area contributed by atoms with E-state index in [9.17, 15) is 4.79 Å². The Balaban J connectivity index is 1.58. The van der Waals surface area contributed by atoms with Crippen LogP contribution in [0.4, 0.5) is 0 Å². The third-order valence-electron chi connectivity index (χ3n) is 4.45. The SMILES string of the molecule is O=C(c1cncc(Br)c1)N1CCC(C2CCCN2)CC1. The van der Waals surface area contributed by atoms with Gasteiger partial charge in [0.1, 0.15) is 0 Å². The summed E-state index contributed by atoms with van der Waals surface area (Å²) in [6.45, 7) is 2.90. The van der Waals surface area contributed by atoms with Crippen LogP contribution in [0.1, 0.15) is 36.0 Å². The molecule has 2 fully saturated rings. The lowest BCUT2D eigenvalue weighted by atomic mass is 9.88. The van der Waals surface area contributed by atoms with Crippen molar-refractivity contribution in [3.63, 3.8) is 0 Å². The number of pyridine rings is 1. The molecule has 1 aromatic rings. The summed E-state index contributed by atoms with van der Waals surface area (Å²) in [5.74, 6) is 0.846. The molecule has 0 aliphatic carbocycles. The topological polar surface area (TPSA) is 45.2 Å². The second-order valence-corrected chi connectivity index (χ2v) is 6.64. The third kappa shape index (κ3) is 3.04. The number of amides is 1. The standard InChI is InChI=1S/C15H20BrN3O/c16-13-8-12(9-17-10-13)15(20)19-6-3-11(4-7-19)14-2-1-5-18-14/h8-11,14,18H,1-7H2. The summed E-state index contributed by atoms with van der Waals surface area (Å²) in [7, 11) is 0. The van der Waals surface area contributed by atoms with Gasteiger partial charge in [0, 0.05) is 36.0 Å². The number of hydrogen-bond acceptors (Lipinski definition) is 3. The molecule has 0 radical (unpaired) electrons. The number of piperidine rings is 1. The fraction of sp³-hybridized carbons (Fsp3) is 0.600. The number of nitrogens with one attached hydrogen (secondary N) is 1. The molecule has 1 amide bonds.